The summed E-state index contributed by atoms with van der Waals surface area (Å²) in [6.45, 7) is 1.06. The molecular weight excluding hydrogens is 258 g/mol. The van der Waals surface area contributed by atoms with Gasteiger partial charge in [0.15, 0.2) is 0 Å². The number of hydrogen-bond donors (Lipinski definition) is 4. The van der Waals surface area contributed by atoms with E-state index in [1.807, 2.05) is 12.1 Å². The minimum atomic E-state index is -0.528. The van der Waals surface area contributed by atoms with Gasteiger partial charge in [-0.15, -0.1) is 0 Å². The van der Waals surface area contributed by atoms with Gasteiger partial charge in [-0.05, 0) is 18.9 Å². The summed E-state index contributed by atoms with van der Waals surface area (Å²) in [7, 11) is 0. The lowest BCUT2D eigenvalue weighted by Gasteiger charge is -2.06. The number of nitrogens with one attached hydrogen (secondary N) is 3. The van der Waals surface area contributed by atoms with Gasteiger partial charge in [-0.1, -0.05) is 12.1 Å². The molecule has 106 valence electrons. The third kappa shape index (κ3) is 3.47. The fraction of sp³-hybridized carbons (Fsp3) is 0.308. The van der Waals surface area contributed by atoms with E-state index in [-0.39, 0.29) is 5.91 Å². The van der Waals surface area contributed by atoms with Crippen molar-refractivity contribution < 1.29 is 9.59 Å². The van der Waals surface area contributed by atoms with Crippen LogP contribution in [0.25, 0.3) is 10.9 Å². The highest BCUT2D eigenvalue weighted by molar-refractivity contribution is 6.05. The number of fused-ring (bicyclic) bond motifs is 1. The van der Waals surface area contributed by atoms with Crippen molar-refractivity contribution in [3.8, 4) is 0 Å². The number of amides is 3. The molecule has 7 nitrogen and oxygen atoms in total. The largest absolute Gasteiger partial charge is 0.352 e. The van der Waals surface area contributed by atoms with Crippen LogP contribution < -0.4 is 16.4 Å². The zero-order chi connectivity index (χ0) is 14.4. The summed E-state index contributed by atoms with van der Waals surface area (Å²) < 4.78 is 0. The minimum Gasteiger partial charge on any atom is -0.352 e. The molecule has 0 radical (unpaired) electrons. The van der Waals surface area contributed by atoms with Gasteiger partial charge in [0.25, 0.3) is 5.91 Å². The first-order chi connectivity index (χ1) is 9.68. The molecule has 0 spiro atoms. The van der Waals surface area contributed by atoms with Gasteiger partial charge in [-0.25, -0.2) is 4.79 Å². The number of H-pyrrole nitrogens is 1. The Morgan fingerprint density at radius 2 is 1.95 bits per heavy atom. The predicted molar refractivity (Wildman–Crippen MR) is 75.2 cm³/mol. The lowest BCUT2D eigenvalue weighted by molar-refractivity contribution is 0.0954. The summed E-state index contributed by atoms with van der Waals surface area (Å²) in [5, 5.41) is 13.0. The highest BCUT2D eigenvalue weighted by Crippen LogP contribution is 2.15. The van der Waals surface area contributed by atoms with Crippen molar-refractivity contribution >= 4 is 22.8 Å². The Kier molecular flexibility index (Phi) is 4.54. The van der Waals surface area contributed by atoms with Gasteiger partial charge in [-0.3, -0.25) is 9.89 Å². The van der Waals surface area contributed by atoms with E-state index in [9.17, 15) is 9.59 Å². The first-order valence-corrected chi connectivity index (χ1v) is 6.42. The second-order valence-electron chi connectivity index (χ2n) is 4.39. The van der Waals surface area contributed by atoms with Crippen LogP contribution in [0.4, 0.5) is 4.79 Å². The van der Waals surface area contributed by atoms with Crippen molar-refractivity contribution in [3.05, 3.63) is 30.0 Å². The molecule has 0 aliphatic rings. The molecule has 2 aromatic rings. The molecule has 3 amide bonds. The average molecular weight is 275 g/mol. The van der Waals surface area contributed by atoms with Crippen LogP contribution in [-0.4, -0.2) is 35.2 Å². The van der Waals surface area contributed by atoms with Gasteiger partial charge in [-0.2, -0.15) is 5.10 Å². The molecule has 0 unspecified atom stereocenters. The first kappa shape index (κ1) is 13.9. The normalized spacial score (nSPS) is 10.4. The fourth-order valence-corrected chi connectivity index (χ4v) is 1.92. The zero-order valence-corrected chi connectivity index (χ0v) is 11.0. The number of carbonyl (C=O) groups is 2. The van der Waals surface area contributed by atoms with E-state index in [1.165, 1.54) is 0 Å². The zero-order valence-electron chi connectivity index (χ0n) is 11.0. The van der Waals surface area contributed by atoms with Gasteiger partial charge in [0, 0.05) is 18.5 Å². The maximum absolute atomic E-state index is 12.0. The average Bonchev–Trinajstić information content (AvgIpc) is 2.90. The molecule has 20 heavy (non-hydrogen) atoms. The third-order valence-corrected chi connectivity index (χ3v) is 2.91. The second-order valence-corrected chi connectivity index (χ2v) is 4.39. The van der Waals surface area contributed by atoms with E-state index in [0.717, 1.165) is 23.7 Å². The van der Waals surface area contributed by atoms with Gasteiger partial charge in [0.1, 0.15) is 0 Å². The predicted octanol–water partition coefficient (Wildman–Crippen LogP) is 0.741. The summed E-state index contributed by atoms with van der Waals surface area (Å²) in [6, 6.07) is 4.94. The number of aromatic nitrogens is 2. The molecule has 0 saturated heterocycles. The van der Waals surface area contributed by atoms with E-state index in [0.29, 0.717) is 18.7 Å². The molecular formula is C13H17N5O2. The molecule has 1 aromatic carbocycles. The maximum atomic E-state index is 12.0. The van der Waals surface area contributed by atoms with E-state index in [4.69, 9.17) is 5.73 Å². The van der Waals surface area contributed by atoms with E-state index in [2.05, 4.69) is 20.8 Å². The Morgan fingerprint density at radius 3 is 2.70 bits per heavy atom. The number of nitrogens with zero attached hydrogens (tertiary/aromatic N) is 1. The summed E-state index contributed by atoms with van der Waals surface area (Å²) in [6.07, 6.45) is 3.21. The van der Waals surface area contributed by atoms with Crippen LogP contribution in [0, 0.1) is 0 Å². The molecule has 7 heteroatoms. The summed E-state index contributed by atoms with van der Waals surface area (Å²) in [4.78, 5) is 22.5. The maximum Gasteiger partial charge on any atom is 0.312 e. The fourth-order valence-electron chi connectivity index (χ4n) is 1.92. The molecule has 0 bridgehead atoms. The van der Waals surface area contributed by atoms with Crippen LogP contribution >= 0.6 is 0 Å². The SMILES string of the molecule is NC(=O)NCCCCNC(=O)c1cccc2cn[nH]c12. The lowest BCUT2D eigenvalue weighted by Crippen LogP contribution is -2.31. The number of primary amides is 1. The number of unbranched alkanes of at least 4 members (excludes halogenated alkanes) is 1. The van der Waals surface area contributed by atoms with Crippen LogP contribution in [-0.2, 0) is 0 Å². The van der Waals surface area contributed by atoms with Crippen LogP contribution in [0.1, 0.15) is 23.2 Å². The quantitative estimate of drug-likeness (QED) is 0.583. The van der Waals surface area contributed by atoms with Crippen molar-refractivity contribution in [2.75, 3.05) is 13.1 Å². The van der Waals surface area contributed by atoms with Gasteiger partial charge in [0.05, 0.1) is 17.3 Å². The molecule has 0 fully saturated rings. The molecule has 0 saturated carbocycles. The summed E-state index contributed by atoms with van der Waals surface area (Å²) in [5.74, 6) is -0.136. The summed E-state index contributed by atoms with van der Waals surface area (Å²) >= 11 is 0. The van der Waals surface area contributed by atoms with Crippen LogP contribution in [0.15, 0.2) is 24.4 Å². The van der Waals surface area contributed by atoms with E-state index >= 15 is 0 Å². The molecule has 0 aliphatic carbocycles. The van der Waals surface area contributed by atoms with Crippen molar-refractivity contribution in [1.82, 2.24) is 20.8 Å². The van der Waals surface area contributed by atoms with E-state index in [1.54, 1.807) is 12.3 Å². The van der Waals surface area contributed by atoms with Crippen molar-refractivity contribution in [3.63, 3.8) is 0 Å². The van der Waals surface area contributed by atoms with E-state index < -0.39 is 6.03 Å². The Morgan fingerprint density at radius 1 is 1.20 bits per heavy atom. The third-order valence-electron chi connectivity index (χ3n) is 2.91. The van der Waals surface area contributed by atoms with Gasteiger partial charge in [0.2, 0.25) is 0 Å². The second kappa shape index (κ2) is 6.55. The number of para-hydroxylation sites is 1. The van der Waals surface area contributed by atoms with Crippen LogP contribution in [0.5, 0.6) is 0 Å². The van der Waals surface area contributed by atoms with Gasteiger partial charge < -0.3 is 16.4 Å². The monoisotopic (exact) mass is 275 g/mol. The summed E-state index contributed by atoms with van der Waals surface area (Å²) in [5.41, 5.74) is 6.26. The number of hydrogen-bond acceptors (Lipinski definition) is 3. The van der Waals surface area contributed by atoms with Crippen LogP contribution in [0.3, 0.4) is 0 Å². The Hall–Kier alpha value is -2.57. The number of rotatable bonds is 6. The minimum absolute atomic E-state index is 0.136. The van der Waals surface area contributed by atoms with Gasteiger partial charge >= 0.3 is 6.03 Å². The van der Waals surface area contributed by atoms with Crippen molar-refractivity contribution in [1.29, 1.82) is 0 Å². The highest BCUT2D eigenvalue weighted by Gasteiger charge is 2.10. The van der Waals surface area contributed by atoms with Crippen molar-refractivity contribution in [2.24, 2.45) is 5.73 Å². The number of carbonyl (C=O) groups excluding carboxylic acids is 2. The molecule has 5 N–H and O–H groups in total. The molecule has 0 aliphatic heterocycles. The van der Waals surface area contributed by atoms with Crippen molar-refractivity contribution in [2.45, 2.75) is 12.8 Å². The number of urea groups is 1. The smallest absolute Gasteiger partial charge is 0.312 e. The topological polar surface area (TPSA) is 113 Å². The first-order valence-electron chi connectivity index (χ1n) is 6.42. The molecule has 0 atom stereocenters. The molecule has 1 aromatic heterocycles. The number of benzene rings is 1. The standard InChI is InChI=1S/C13H17N5O2/c14-13(20)16-7-2-1-6-15-12(19)10-5-3-4-9-8-17-18-11(9)10/h3-5,8H,1-2,6-7H2,(H,15,19)(H,17,18)(H3,14,16,20). The Bertz CT molecular complexity index is 608. The lowest BCUT2D eigenvalue weighted by atomic mass is 10.1. The van der Waals surface area contributed by atoms with Crippen LogP contribution in [0.2, 0.25) is 0 Å². The Labute approximate surface area is 115 Å². The Balaban J connectivity index is 1.80. The molecule has 2 rings (SSSR count). The highest BCUT2D eigenvalue weighted by atomic mass is 16.2. The number of nitrogens with two attached hydrogens (primary N) is 1. The number of aromatic amines is 1. The molecule has 1 heterocycles.